The minimum absolute atomic E-state index is 0.345. The van der Waals surface area contributed by atoms with Crippen molar-refractivity contribution in [2.24, 2.45) is 5.41 Å². The summed E-state index contributed by atoms with van der Waals surface area (Å²) in [5.74, 6) is 0. The number of fused-ring (bicyclic) bond motifs is 1. The average molecular weight is 146 g/mol. The fraction of sp³-hybridized carbons (Fsp3) is 0.625. The molecule has 0 bridgehead atoms. The van der Waals surface area contributed by atoms with Gasteiger partial charge in [-0.2, -0.15) is 5.10 Å². The van der Waals surface area contributed by atoms with E-state index in [2.05, 4.69) is 18.9 Å². The molecular weight excluding hydrogens is 135 g/mol. The summed E-state index contributed by atoms with van der Waals surface area (Å²) in [6, 6.07) is 0. The van der Waals surface area contributed by atoms with Gasteiger partial charge in [-0.1, -0.05) is 19.3 Å². The lowest BCUT2D eigenvalue weighted by Gasteiger charge is -2.14. The molecule has 1 aromatic heterocycles. The van der Waals surface area contributed by atoms with E-state index >= 15 is 0 Å². The molecule has 11 heavy (non-hydrogen) atoms. The van der Waals surface area contributed by atoms with Crippen molar-refractivity contribution in [3.8, 4) is 0 Å². The second kappa shape index (κ2) is 1.90. The van der Waals surface area contributed by atoms with Crippen LogP contribution in [0.4, 0.5) is 0 Å². The molecule has 0 N–H and O–H groups in total. The van der Waals surface area contributed by atoms with Crippen molar-refractivity contribution < 1.29 is 0 Å². The third kappa shape index (κ3) is 0.989. The van der Waals surface area contributed by atoms with Crippen LogP contribution < -0.4 is 5.46 Å². The molecule has 0 amide bonds. The second-order valence-electron chi connectivity index (χ2n) is 4.05. The fourth-order valence-electron chi connectivity index (χ4n) is 1.67. The third-order valence-electron chi connectivity index (χ3n) is 2.20. The molecule has 0 saturated carbocycles. The molecule has 0 atom stereocenters. The Morgan fingerprint density at radius 1 is 1.64 bits per heavy atom. The minimum atomic E-state index is 0.345. The molecule has 1 aliphatic rings. The van der Waals surface area contributed by atoms with Gasteiger partial charge in [0.25, 0.3) is 0 Å². The Morgan fingerprint density at radius 2 is 2.36 bits per heavy atom. The van der Waals surface area contributed by atoms with Crippen LogP contribution in [0, 0.1) is 5.41 Å². The first kappa shape index (κ1) is 6.95. The molecule has 0 fully saturated rings. The van der Waals surface area contributed by atoms with Crippen molar-refractivity contribution in [3.05, 3.63) is 11.9 Å². The first-order valence-corrected chi connectivity index (χ1v) is 3.89. The van der Waals surface area contributed by atoms with Gasteiger partial charge < -0.3 is 0 Å². The summed E-state index contributed by atoms with van der Waals surface area (Å²) in [5.41, 5.74) is 2.39. The normalized spacial score (nSPS) is 20.2. The van der Waals surface area contributed by atoms with E-state index in [1.54, 1.807) is 6.20 Å². The van der Waals surface area contributed by atoms with Crippen LogP contribution in [0.3, 0.4) is 0 Å². The number of nitrogens with zero attached hydrogens (tertiary/aromatic N) is 2. The van der Waals surface area contributed by atoms with E-state index in [1.165, 1.54) is 5.69 Å². The van der Waals surface area contributed by atoms with E-state index in [9.17, 15) is 0 Å². The first-order valence-electron chi connectivity index (χ1n) is 3.89. The lowest BCUT2D eigenvalue weighted by molar-refractivity contribution is 0.347. The van der Waals surface area contributed by atoms with Crippen molar-refractivity contribution in [1.29, 1.82) is 0 Å². The van der Waals surface area contributed by atoms with Crippen molar-refractivity contribution in [2.75, 3.05) is 0 Å². The van der Waals surface area contributed by atoms with Gasteiger partial charge >= 0.3 is 0 Å². The van der Waals surface area contributed by atoms with Gasteiger partial charge in [-0.3, -0.25) is 4.68 Å². The standard InChI is InChI=1S/C8H11BN2/c1-8(2)3-7-6(9)4-10-11(7)5-8/h4H,3,5H2,1-2H3. The van der Waals surface area contributed by atoms with E-state index < -0.39 is 0 Å². The second-order valence-corrected chi connectivity index (χ2v) is 4.05. The summed E-state index contributed by atoms with van der Waals surface area (Å²) in [4.78, 5) is 0. The van der Waals surface area contributed by atoms with Crippen molar-refractivity contribution >= 4 is 13.3 Å². The molecule has 2 rings (SSSR count). The number of hydrogen-bond donors (Lipinski definition) is 0. The molecule has 2 nitrogen and oxygen atoms in total. The lowest BCUT2D eigenvalue weighted by atomic mass is 9.87. The zero-order chi connectivity index (χ0) is 8.06. The zero-order valence-electron chi connectivity index (χ0n) is 6.96. The predicted molar refractivity (Wildman–Crippen MR) is 45.1 cm³/mol. The maximum absolute atomic E-state index is 5.73. The van der Waals surface area contributed by atoms with Crippen LogP contribution in [0.15, 0.2) is 6.20 Å². The molecular formula is C8H11BN2. The Bertz CT molecular complexity index is 288. The van der Waals surface area contributed by atoms with E-state index in [0.717, 1.165) is 18.4 Å². The van der Waals surface area contributed by atoms with Gasteiger partial charge in [0.05, 0.1) is 0 Å². The van der Waals surface area contributed by atoms with Crippen molar-refractivity contribution in [1.82, 2.24) is 9.78 Å². The lowest BCUT2D eigenvalue weighted by Crippen LogP contribution is -2.14. The molecule has 2 heterocycles. The molecule has 0 unspecified atom stereocenters. The summed E-state index contributed by atoms with van der Waals surface area (Å²) in [6.07, 6.45) is 2.80. The van der Waals surface area contributed by atoms with Crippen LogP contribution >= 0.6 is 0 Å². The molecule has 1 aliphatic heterocycles. The van der Waals surface area contributed by atoms with Crippen LogP contribution in [0.5, 0.6) is 0 Å². The highest BCUT2D eigenvalue weighted by molar-refractivity contribution is 6.33. The molecule has 0 aliphatic carbocycles. The summed E-state index contributed by atoms with van der Waals surface area (Å²) < 4.78 is 2.01. The monoisotopic (exact) mass is 146 g/mol. The van der Waals surface area contributed by atoms with Gasteiger partial charge in [-0.15, -0.1) is 0 Å². The first-order chi connectivity index (χ1) is 5.08. The Labute approximate surface area is 68.0 Å². The zero-order valence-corrected chi connectivity index (χ0v) is 6.96. The smallest absolute Gasteiger partial charge is 0.118 e. The van der Waals surface area contributed by atoms with Crippen LogP contribution in [-0.4, -0.2) is 17.6 Å². The van der Waals surface area contributed by atoms with Crippen LogP contribution in [-0.2, 0) is 13.0 Å². The van der Waals surface area contributed by atoms with Crippen molar-refractivity contribution in [3.63, 3.8) is 0 Å². The highest BCUT2D eigenvalue weighted by Gasteiger charge is 2.29. The predicted octanol–water partition coefficient (Wildman–Crippen LogP) is 0.259. The summed E-state index contributed by atoms with van der Waals surface area (Å²) in [5, 5.41) is 4.18. The Hall–Kier alpha value is -0.725. The molecule has 0 aromatic carbocycles. The SMILES string of the molecule is [B]c1cnn2c1CC(C)(C)C2. The summed E-state index contributed by atoms with van der Waals surface area (Å²) in [7, 11) is 5.73. The highest BCUT2D eigenvalue weighted by Crippen LogP contribution is 2.29. The maximum Gasteiger partial charge on any atom is 0.118 e. The fourth-order valence-corrected chi connectivity index (χ4v) is 1.67. The highest BCUT2D eigenvalue weighted by atomic mass is 15.3. The third-order valence-corrected chi connectivity index (χ3v) is 2.20. The number of hydrogen-bond acceptors (Lipinski definition) is 1. The quantitative estimate of drug-likeness (QED) is 0.480. The van der Waals surface area contributed by atoms with Gasteiger partial charge in [-0.05, 0) is 11.8 Å². The van der Waals surface area contributed by atoms with Gasteiger partial charge in [0, 0.05) is 18.4 Å². The van der Waals surface area contributed by atoms with Gasteiger partial charge in [0.1, 0.15) is 7.85 Å². The van der Waals surface area contributed by atoms with E-state index in [-0.39, 0.29) is 0 Å². The molecule has 0 saturated heterocycles. The summed E-state index contributed by atoms with van der Waals surface area (Å²) in [6.45, 7) is 5.47. The molecule has 2 radical (unpaired) electrons. The number of aromatic nitrogens is 2. The number of rotatable bonds is 0. The summed E-state index contributed by atoms with van der Waals surface area (Å²) >= 11 is 0. The Morgan fingerprint density at radius 3 is 3.00 bits per heavy atom. The topological polar surface area (TPSA) is 17.8 Å². The van der Waals surface area contributed by atoms with Crippen LogP contribution in [0.2, 0.25) is 0 Å². The molecule has 1 aromatic rings. The van der Waals surface area contributed by atoms with E-state index in [0.29, 0.717) is 5.41 Å². The van der Waals surface area contributed by atoms with Crippen molar-refractivity contribution in [2.45, 2.75) is 26.8 Å². The minimum Gasteiger partial charge on any atom is -0.270 e. The van der Waals surface area contributed by atoms with Gasteiger partial charge in [0.15, 0.2) is 0 Å². The maximum atomic E-state index is 5.73. The van der Waals surface area contributed by atoms with E-state index in [4.69, 9.17) is 7.85 Å². The molecule has 3 heteroatoms. The molecule has 56 valence electrons. The largest absolute Gasteiger partial charge is 0.270 e. The average Bonchev–Trinajstić information content (AvgIpc) is 2.31. The molecule has 0 spiro atoms. The van der Waals surface area contributed by atoms with Gasteiger partial charge in [-0.25, -0.2) is 0 Å². The Balaban J connectivity index is 2.42. The van der Waals surface area contributed by atoms with E-state index in [1.807, 2.05) is 4.68 Å². The van der Waals surface area contributed by atoms with Crippen LogP contribution in [0.25, 0.3) is 0 Å². The Kier molecular flexibility index (Phi) is 1.20. The van der Waals surface area contributed by atoms with Crippen LogP contribution in [0.1, 0.15) is 19.5 Å². The van der Waals surface area contributed by atoms with Gasteiger partial charge in [0.2, 0.25) is 0 Å².